The second-order valence-electron chi connectivity index (χ2n) is 6.84. The van der Waals surface area contributed by atoms with Gasteiger partial charge in [-0.05, 0) is 50.7 Å². The van der Waals surface area contributed by atoms with Gasteiger partial charge < -0.3 is 10.0 Å². The van der Waals surface area contributed by atoms with Crippen molar-refractivity contribution in [3.63, 3.8) is 0 Å². The minimum atomic E-state index is -0.983. The van der Waals surface area contributed by atoms with Crippen LogP contribution < -0.4 is 0 Å². The predicted octanol–water partition coefficient (Wildman–Crippen LogP) is 2.58. The summed E-state index contributed by atoms with van der Waals surface area (Å²) in [6.07, 6.45) is 4.35. The topological polar surface area (TPSA) is 75.4 Å². The fourth-order valence-electron chi connectivity index (χ4n) is 4.00. The minimum Gasteiger partial charge on any atom is -0.480 e. The van der Waals surface area contributed by atoms with Crippen LogP contribution >= 0.6 is 0 Å². The predicted molar refractivity (Wildman–Crippen MR) is 91.9 cm³/mol. The van der Waals surface area contributed by atoms with Gasteiger partial charge in [-0.25, -0.2) is 13.9 Å². The van der Waals surface area contributed by atoms with Gasteiger partial charge in [0.05, 0.1) is 0 Å². The van der Waals surface area contributed by atoms with Crippen LogP contribution in [0.5, 0.6) is 0 Å². The standard InChI is InChI=1S/C19H20FN3O3/c20-13-7-1-2-8-15(13)23-14-10-5-6-12(14)17(21-23)18(24)22-11-4-3-9-16(22)19(25)26/h1-2,7-8,16H,3-6,9-11H2,(H,25,26). The van der Waals surface area contributed by atoms with Crippen molar-refractivity contribution in [3.8, 4) is 5.69 Å². The van der Waals surface area contributed by atoms with Crippen LogP contribution in [0.4, 0.5) is 4.39 Å². The number of amides is 1. The molecule has 1 aliphatic carbocycles. The molecule has 4 rings (SSSR count). The van der Waals surface area contributed by atoms with Gasteiger partial charge in [0.2, 0.25) is 0 Å². The highest BCUT2D eigenvalue weighted by Crippen LogP contribution is 2.30. The number of benzene rings is 1. The molecule has 7 heteroatoms. The molecule has 0 radical (unpaired) electrons. The van der Waals surface area contributed by atoms with Gasteiger partial charge in [0.25, 0.3) is 5.91 Å². The molecule has 1 aliphatic heterocycles. The molecule has 1 atom stereocenters. The van der Waals surface area contributed by atoms with Crippen LogP contribution in [0.25, 0.3) is 5.69 Å². The lowest BCUT2D eigenvalue weighted by atomic mass is 10.0. The zero-order valence-electron chi connectivity index (χ0n) is 14.3. The first-order valence-corrected chi connectivity index (χ1v) is 8.97. The van der Waals surface area contributed by atoms with E-state index in [2.05, 4.69) is 5.10 Å². The number of nitrogens with zero attached hydrogens (tertiary/aromatic N) is 3. The summed E-state index contributed by atoms with van der Waals surface area (Å²) in [5, 5.41) is 13.9. The molecule has 1 unspecified atom stereocenters. The Kier molecular flexibility index (Phi) is 4.22. The summed E-state index contributed by atoms with van der Waals surface area (Å²) in [5.41, 5.74) is 2.27. The first kappa shape index (κ1) is 16.8. The molecule has 26 heavy (non-hydrogen) atoms. The van der Waals surface area contributed by atoms with Crippen LogP contribution in [0.15, 0.2) is 24.3 Å². The number of aromatic nitrogens is 2. The number of carboxylic acid groups (broad SMARTS) is 1. The summed E-state index contributed by atoms with van der Waals surface area (Å²) in [7, 11) is 0. The number of piperidine rings is 1. The number of rotatable bonds is 3. The summed E-state index contributed by atoms with van der Waals surface area (Å²) in [4.78, 5) is 26.0. The molecule has 1 amide bonds. The Bertz CT molecular complexity index is 877. The van der Waals surface area contributed by atoms with E-state index in [4.69, 9.17) is 0 Å². The van der Waals surface area contributed by atoms with E-state index in [1.54, 1.807) is 18.2 Å². The van der Waals surface area contributed by atoms with Crippen molar-refractivity contribution in [1.29, 1.82) is 0 Å². The van der Waals surface area contributed by atoms with Crippen molar-refractivity contribution >= 4 is 11.9 Å². The molecule has 1 fully saturated rings. The number of para-hydroxylation sites is 1. The maximum absolute atomic E-state index is 14.2. The third-order valence-electron chi connectivity index (χ3n) is 5.26. The van der Waals surface area contributed by atoms with Crippen molar-refractivity contribution in [2.45, 2.75) is 44.6 Å². The van der Waals surface area contributed by atoms with Crippen LogP contribution in [0, 0.1) is 5.82 Å². The number of hydrogen-bond acceptors (Lipinski definition) is 3. The lowest BCUT2D eigenvalue weighted by Gasteiger charge is -2.32. The van der Waals surface area contributed by atoms with Crippen LogP contribution in [0.1, 0.15) is 47.4 Å². The number of carbonyl (C=O) groups excluding carboxylic acids is 1. The largest absolute Gasteiger partial charge is 0.480 e. The van der Waals surface area contributed by atoms with Crippen molar-refractivity contribution in [2.24, 2.45) is 0 Å². The van der Waals surface area contributed by atoms with Crippen molar-refractivity contribution < 1.29 is 19.1 Å². The Balaban J connectivity index is 1.76. The quantitative estimate of drug-likeness (QED) is 0.916. The highest BCUT2D eigenvalue weighted by Gasteiger charge is 2.36. The summed E-state index contributed by atoms with van der Waals surface area (Å²) in [5.74, 6) is -1.74. The molecule has 1 N–H and O–H groups in total. The number of aliphatic carboxylic acids is 1. The summed E-state index contributed by atoms with van der Waals surface area (Å²) in [6, 6.07) is 5.53. The van der Waals surface area contributed by atoms with Crippen molar-refractivity contribution in [2.75, 3.05) is 6.54 Å². The molecule has 0 saturated carbocycles. The second-order valence-corrected chi connectivity index (χ2v) is 6.84. The fourth-order valence-corrected chi connectivity index (χ4v) is 4.00. The maximum atomic E-state index is 14.2. The maximum Gasteiger partial charge on any atom is 0.326 e. The van der Waals surface area contributed by atoms with Gasteiger partial charge in [-0.1, -0.05) is 12.1 Å². The van der Waals surface area contributed by atoms with E-state index in [-0.39, 0.29) is 11.6 Å². The normalized spacial score (nSPS) is 19.4. The Labute approximate surface area is 150 Å². The van der Waals surface area contributed by atoms with Gasteiger partial charge in [-0.15, -0.1) is 0 Å². The molecule has 136 valence electrons. The number of hydrogen-bond donors (Lipinski definition) is 1. The lowest BCUT2D eigenvalue weighted by molar-refractivity contribution is -0.143. The smallest absolute Gasteiger partial charge is 0.326 e. The molecule has 2 heterocycles. The zero-order valence-corrected chi connectivity index (χ0v) is 14.3. The van der Waals surface area contributed by atoms with Crippen molar-refractivity contribution in [3.05, 3.63) is 47.0 Å². The molecular weight excluding hydrogens is 337 g/mol. The number of carbonyl (C=O) groups is 2. The molecule has 2 aromatic rings. The van der Waals surface area contributed by atoms with Gasteiger partial charge in [-0.3, -0.25) is 4.79 Å². The van der Waals surface area contributed by atoms with Crippen LogP contribution in [0.3, 0.4) is 0 Å². The van der Waals surface area contributed by atoms with Gasteiger partial charge in [0.15, 0.2) is 5.69 Å². The molecule has 2 aliphatic rings. The molecule has 0 bridgehead atoms. The Morgan fingerprint density at radius 1 is 1.15 bits per heavy atom. The van der Waals surface area contributed by atoms with E-state index in [9.17, 15) is 19.1 Å². The molecule has 6 nitrogen and oxygen atoms in total. The van der Waals surface area contributed by atoms with Crippen LogP contribution in [0.2, 0.25) is 0 Å². The highest BCUT2D eigenvalue weighted by atomic mass is 19.1. The van der Waals surface area contributed by atoms with Gasteiger partial charge in [0, 0.05) is 17.8 Å². The van der Waals surface area contributed by atoms with E-state index >= 15 is 0 Å². The van der Waals surface area contributed by atoms with E-state index in [0.29, 0.717) is 25.1 Å². The van der Waals surface area contributed by atoms with E-state index in [0.717, 1.165) is 36.9 Å². The molecular formula is C19H20FN3O3. The number of fused-ring (bicyclic) bond motifs is 1. The zero-order chi connectivity index (χ0) is 18.3. The first-order chi connectivity index (χ1) is 12.6. The number of halogens is 1. The monoisotopic (exact) mass is 357 g/mol. The average Bonchev–Trinajstić information content (AvgIpc) is 3.24. The SMILES string of the molecule is O=C(O)C1CCCCN1C(=O)c1nn(-c2ccccc2F)c2c1CCC2. The second kappa shape index (κ2) is 6.55. The van der Waals surface area contributed by atoms with Gasteiger partial charge in [-0.2, -0.15) is 5.10 Å². The third-order valence-corrected chi connectivity index (χ3v) is 5.26. The first-order valence-electron chi connectivity index (χ1n) is 8.97. The highest BCUT2D eigenvalue weighted by molar-refractivity contribution is 5.96. The van der Waals surface area contributed by atoms with E-state index in [1.807, 2.05) is 0 Å². The van der Waals surface area contributed by atoms with E-state index < -0.39 is 17.8 Å². The molecule has 1 aromatic heterocycles. The van der Waals surface area contributed by atoms with Gasteiger partial charge in [0.1, 0.15) is 17.5 Å². The average molecular weight is 357 g/mol. The van der Waals surface area contributed by atoms with Crippen LogP contribution in [-0.2, 0) is 17.6 Å². The molecule has 0 spiro atoms. The third kappa shape index (κ3) is 2.67. The fraction of sp³-hybridized carbons (Fsp3) is 0.421. The molecule has 1 aromatic carbocycles. The summed E-state index contributed by atoms with van der Waals surface area (Å²) in [6.45, 7) is 0.414. The van der Waals surface area contributed by atoms with Crippen molar-refractivity contribution in [1.82, 2.24) is 14.7 Å². The van der Waals surface area contributed by atoms with Gasteiger partial charge >= 0.3 is 5.97 Å². The summed E-state index contributed by atoms with van der Waals surface area (Å²) >= 11 is 0. The van der Waals surface area contributed by atoms with E-state index in [1.165, 1.54) is 15.6 Å². The Hall–Kier alpha value is -2.70. The Morgan fingerprint density at radius 2 is 1.96 bits per heavy atom. The number of likely N-dealkylation sites (tertiary alicyclic amines) is 1. The Morgan fingerprint density at radius 3 is 2.73 bits per heavy atom. The minimum absolute atomic E-state index is 0.272. The lowest BCUT2D eigenvalue weighted by Crippen LogP contribution is -2.48. The summed E-state index contributed by atoms with van der Waals surface area (Å²) < 4.78 is 15.8. The number of carboxylic acids is 1. The molecule has 1 saturated heterocycles. The van der Waals surface area contributed by atoms with Crippen LogP contribution in [-0.4, -0.2) is 44.3 Å².